The van der Waals surface area contributed by atoms with Crippen LogP contribution in [0.25, 0.3) is 66.9 Å². The van der Waals surface area contributed by atoms with Crippen LogP contribution >= 0.6 is 11.6 Å². The van der Waals surface area contributed by atoms with E-state index in [1.54, 1.807) is 0 Å². The summed E-state index contributed by atoms with van der Waals surface area (Å²) in [6, 6.07) is 36.3. The van der Waals surface area contributed by atoms with E-state index in [2.05, 4.69) is 30.3 Å². The fourth-order valence-corrected chi connectivity index (χ4v) is 4.85. The van der Waals surface area contributed by atoms with Crippen LogP contribution in [0.4, 0.5) is 0 Å². The first-order chi connectivity index (χ1) is 17.7. The summed E-state index contributed by atoms with van der Waals surface area (Å²) in [7, 11) is 0. The van der Waals surface area contributed by atoms with Crippen LogP contribution in [-0.2, 0) is 0 Å². The van der Waals surface area contributed by atoms with Gasteiger partial charge in [0.25, 0.3) is 0 Å². The van der Waals surface area contributed by atoms with Gasteiger partial charge in [-0.3, -0.25) is 0 Å². The van der Waals surface area contributed by atoms with Gasteiger partial charge in [-0.2, -0.15) is 0 Å². The zero-order valence-corrected chi connectivity index (χ0v) is 19.8. The van der Waals surface area contributed by atoms with Gasteiger partial charge in [0, 0.05) is 27.5 Å². The molecule has 0 aliphatic carbocycles. The highest BCUT2D eigenvalue weighted by atomic mass is 35.5. The summed E-state index contributed by atoms with van der Waals surface area (Å²) in [5, 5.41) is 4.76. The molecule has 7 rings (SSSR count). The van der Waals surface area contributed by atoms with Crippen LogP contribution < -0.4 is 0 Å². The lowest BCUT2D eigenvalue weighted by molar-refractivity contribution is 0.669. The van der Waals surface area contributed by atoms with Crippen molar-refractivity contribution in [2.75, 3.05) is 0 Å². The molecule has 2 aromatic heterocycles. The molecule has 7 aromatic rings. The predicted molar refractivity (Wildman–Crippen MR) is 146 cm³/mol. The minimum atomic E-state index is 0.521. The third-order valence-electron chi connectivity index (χ3n) is 6.37. The van der Waals surface area contributed by atoms with Gasteiger partial charge in [0.2, 0.25) is 0 Å². The lowest BCUT2D eigenvalue weighted by Crippen LogP contribution is -2.00. The van der Waals surface area contributed by atoms with Crippen LogP contribution in [0, 0.1) is 0 Å². The van der Waals surface area contributed by atoms with Crippen molar-refractivity contribution in [3.05, 3.63) is 114 Å². The minimum Gasteiger partial charge on any atom is -0.454 e. The van der Waals surface area contributed by atoms with Crippen molar-refractivity contribution in [3.63, 3.8) is 0 Å². The zero-order valence-electron chi connectivity index (χ0n) is 19.0. The van der Waals surface area contributed by atoms with Crippen LogP contribution in [0.1, 0.15) is 0 Å². The number of hydrogen-bond donors (Lipinski definition) is 0. The summed E-state index contributed by atoms with van der Waals surface area (Å²) in [6.07, 6.45) is 0. The van der Waals surface area contributed by atoms with Crippen LogP contribution in [0.3, 0.4) is 0 Å². The first-order valence-corrected chi connectivity index (χ1v) is 12.0. The summed E-state index contributed by atoms with van der Waals surface area (Å²) in [5.74, 6) is 1.77. The van der Waals surface area contributed by atoms with E-state index in [1.807, 2.05) is 78.9 Å². The Morgan fingerprint density at radius 3 is 2.00 bits per heavy atom. The van der Waals surface area contributed by atoms with Crippen molar-refractivity contribution < 1.29 is 4.42 Å². The van der Waals surface area contributed by atoms with E-state index < -0.39 is 0 Å². The third-order valence-corrected chi connectivity index (χ3v) is 6.65. The second-order valence-electron chi connectivity index (χ2n) is 8.67. The average Bonchev–Trinajstić information content (AvgIpc) is 3.32. The molecule has 0 radical (unpaired) electrons. The van der Waals surface area contributed by atoms with Crippen LogP contribution in [-0.4, -0.2) is 15.0 Å². The zero-order chi connectivity index (χ0) is 24.1. The second-order valence-corrected chi connectivity index (χ2v) is 9.07. The molecule has 0 saturated carbocycles. The average molecular weight is 484 g/mol. The molecule has 170 valence electrons. The molecule has 0 fully saturated rings. The molecule has 0 aliphatic heterocycles. The molecule has 36 heavy (non-hydrogen) atoms. The largest absolute Gasteiger partial charge is 0.454 e. The maximum Gasteiger partial charge on any atom is 0.164 e. The first kappa shape index (κ1) is 20.8. The predicted octanol–water partition coefficient (Wildman–Crippen LogP) is 8.58. The molecule has 0 amide bonds. The summed E-state index contributed by atoms with van der Waals surface area (Å²) in [4.78, 5) is 14.6. The Bertz CT molecular complexity index is 1910. The lowest BCUT2D eigenvalue weighted by atomic mass is 10.1. The first-order valence-electron chi connectivity index (χ1n) is 11.6. The molecular weight excluding hydrogens is 466 g/mol. The Morgan fingerprint density at radius 2 is 1.17 bits per heavy atom. The van der Waals surface area contributed by atoms with Gasteiger partial charge in [0.15, 0.2) is 23.1 Å². The van der Waals surface area contributed by atoms with E-state index >= 15 is 0 Å². The number of aromatic nitrogens is 3. The molecular formula is C31H18ClN3O. The summed E-state index contributed by atoms with van der Waals surface area (Å²) in [6.45, 7) is 0. The van der Waals surface area contributed by atoms with Gasteiger partial charge in [0.1, 0.15) is 5.58 Å². The third kappa shape index (κ3) is 3.51. The molecule has 5 heteroatoms. The Labute approximate surface area is 211 Å². The highest BCUT2D eigenvalue weighted by Crippen LogP contribution is 2.37. The molecule has 0 unspecified atom stereocenters. The number of nitrogens with zero attached hydrogens (tertiary/aromatic N) is 3. The number of hydrogen-bond acceptors (Lipinski definition) is 4. The van der Waals surface area contributed by atoms with E-state index in [-0.39, 0.29) is 0 Å². The van der Waals surface area contributed by atoms with Gasteiger partial charge in [0.05, 0.1) is 5.02 Å². The fourth-order valence-electron chi connectivity index (χ4n) is 4.59. The molecule has 2 heterocycles. The molecule has 0 atom stereocenters. The van der Waals surface area contributed by atoms with Gasteiger partial charge >= 0.3 is 0 Å². The molecule has 5 aromatic carbocycles. The number of para-hydroxylation sites is 1. The Kier molecular flexibility index (Phi) is 4.79. The molecule has 4 nitrogen and oxygen atoms in total. The van der Waals surface area contributed by atoms with Crippen molar-refractivity contribution >= 4 is 44.3 Å². The van der Waals surface area contributed by atoms with Crippen LogP contribution in [0.5, 0.6) is 0 Å². The Hall–Kier alpha value is -4.54. The van der Waals surface area contributed by atoms with E-state index in [0.717, 1.165) is 38.4 Å². The topological polar surface area (TPSA) is 51.8 Å². The Balaban J connectivity index is 1.47. The summed E-state index contributed by atoms with van der Waals surface area (Å²) in [5.41, 5.74) is 4.11. The van der Waals surface area contributed by atoms with Gasteiger partial charge < -0.3 is 4.42 Å². The second kappa shape index (κ2) is 8.29. The van der Waals surface area contributed by atoms with E-state index in [0.29, 0.717) is 28.1 Å². The summed E-state index contributed by atoms with van der Waals surface area (Å²) >= 11 is 6.70. The van der Waals surface area contributed by atoms with Crippen molar-refractivity contribution in [1.82, 2.24) is 15.0 Å². The van der Waals surface area contributed by atoms with E-state index in [1.165, 1.54) is 5.39 Å². The van der Waals surface area contributed by atoms with Crippen molar-refractivity contribution in [2.45, 2.75) is 0 Å². The van der Waals surface area contributed by atoms with Gasteiger partial charge in [-0.15, -0.1) is 0 Å². The van der Waals surface area contributed by atoms with Gasteiger partial charge in [-0.1, -0.05) is 96.5 Å². The van der Waals surface area contributed by atoms with Gasteiger partial charge in [-0.25, -0.2) is 15.0 Å². The molecule has 0 N–H and O–H groups in total. The normalized spacial score (nSPS) is 11.5. The smallest absolute Gasteiger partial charge is 0.164 e. The number of halogens is 1. The molecule has 0 bridgehead atoms. The number of benzene rings is 5. The van der Waals surface area contributed by atoms with Crippen LogP contribution in [0.2, 0.25) is 5.02 Å². The standard InChI is InChI=1S/C31H18ClN3O/c32-26-18-23(17-25-24-12-6-7-13-27(24)36-28(25)26)31-34-29(20-9-2-1-3-10-20)33-30(35-31)22-15-14-19-8-4-5-11-21(19)16-22/h1-18H. The lowest BCUT2D eigenvalue weighted by Gasteiger charge is -2.09. The van der Waals surface area contributed by atoms with E-state index in [4.69, 9.17) is 31.0 Å². The molecule has 0 aliphatic rings. The fraction of sp³-hybridized carbons (Fsp3) is 0. The number of furan rings is 1. The van der Waals surface area contributed by atoms with Crippen molar-refractivity contribution in [1.29, 1.82) is 0 Å². The highest BCUT2D eigenvalue weighted by Gasteiger charge is 2.17. The van der Waals surface area contributed by atoms with Crippen molar-refractivity contribution in [2.24, 2.45) is 0 Å². The van der Waals surface area contributed by atoms with Crippen molar-refractivity contribution in [3.8, 4) is 34.2 Å². The summed E-state index contributed by atoms with van der Waals surface area (Å²) < 4.78 is 6.02. The molecule has 0 saturated heterocycles. The Morgan fingerprint density at radius 1 is 0.500 bits per heavy atom. The highest BCUT2D eigenvalue weighted by molar-refractivity contribution is 6.36. The minimum absolute atomic E-state index is 0.521. The van der Waals surface area contributed by atoms with E-state index in [9.17, 15) is 0 Å². The molecule has 0 spiro atoms. The maximum absolute atomic E-state index is 6.70. The SMILES string of the molecule is Clc1cc(-c2nc(-c3ccccc3)nc(-c3ccc4ccccc4c3)n2)cc2c1oc1ccccc12. The maximum atomic E-state index is 6.70. The van der Waals surface area contributed by atoms with Crippen LogP contribution in [0.15, 0.2) is 114 Å². The monoisotopic (exact) mass is 483 g/mol. The number of fused-ring (bicyclic) bond motifs is 4. The van der Waals surface area contributed by atoms with Gasteiger partial charge in [-0.05, 0) is 35.0 Å². The quantitative estimate of drug-likeness (QED) is 0.252. The number of rotatable bonds is 3.